The van der Waals surface area contributed by atoms with Gasteiger partial charge in [0, 0.05) is 16.2 Å². The molecule has 0 spiro atoms. The molecule has 0 aliphatic carbocycles. The summed E-state index contributed by atoms with van der Waals surface area (Å²) in [6.07, 6.45) is 1.47. The number of hydrogen-bond donors (Lipinski definition) is 1. The maximum absolute atomic E-state index is 11.2. The molecule has 0 fully saturated rings. The molecule has 0 aliphatic rings. The van der Waals surface area contributed by atoms with Gasteiger partial charge < -0.3 is 5.11 Å². The fourth-order valence-corrected chi connectivity index (χ4v) is 2.85. The zero-order valence-corrected chi connectivity index (χ0v) is 13.2. The maximum Gasteiger partial charge on any atom is 0.337 e. The van der Waals surface area contributed by atoms with E-state index >= 15 is 0 Å². The molecule has 0 amide bonds. The van der Waals surface area contributed by atoms with Gasteiger partial charge in [0.2, 0.25) is 0 Å². The molecule has 3 aromatic rings. The van der Waals surface area contributed by atoms with Crippen LogP contribution in [-0.2, 0) is 0 Å². The first kappa shape index (κ1) is 14.0. The standard InChI is InChI=1S/C14H9BrClN3O2/c1-7-4-9(15)2-3-10(7)12-17-18-13-11(16)5-8(14(20)21)6-19(12)13/h2-6H,1H3,(H,20,21). The number of halogens is 2. The van der Waals surface area contributed by atoms with E-state index in [4.69, 9.17) is 16.7 Å². The van der Waals surface area contributed by atoms with Gasteiger partial charge in [0.05, 0.1) is 10.6 Å². The Labute approximate surface area is 133 Å². The van der Waals surface area contributed by atoms with Gasteiger partial charge in [-0.05, 0) is 36.8 Å². The highest BCUT2D eigenvalue weighted by Gasteiger charge is 2.15. The third-order valence-electron chi connectivity index (χ3n) is 3.14. The molecule has 7 heteroatoms. The summed E-state index contributed by atoms with van der Waals surface area (Å²) in [5, 5.41) is 17.6. The lowest BCUT2D eigenvalue weighted by molar-refractivity contribution is 0.0696. The lowest BCUT2D eigenvalue weighted by Gasteiger charge is -2.06. The van der Waals surface area contributed by atoms with Gasteiger partial charge in [-0.1, -0.05) is 27.5 Å². The Bertz CT molecular complexity index is 876. The SMILES string of the molecule is Cc1cc(Br)ccc1-c1nnc2c(Cl)cc(C(=O)O)cn12. The largest absolute Gasteiger partial charge is 0.478 e. The minimum absolute atomic E-state index is 0.0864. The molecular weight excluding hydrogens is 358 g/mol. The summed E-state index contributed by atoms with van der Waals surface area (Å²) in [7, 11) is 0. The van der Waals surface area contributed by atoms with Crippen LogP contribution in [-0.4, -0.2) is 25.7 Å². The molecule has 1 N–H and O–H groups in total. The van der Waals surface area contributed by atoms with Crippen LogP contribution in [0.1, 0.15) is 15.9 Å². The van der Waals surface area contributed by atoms with Gasteiger partial charge in [-0.15, -0.1) is 10.2 Å². The number of fused-ring (bicyclic) bond motifs is 1. The van der Waals surface area contributed by atoms with Gasteiger partial charge in [-0.25, -0.2) is 4.79 Å². The molecule has 106 valence electrons. The topological polar surface area (TPSA) is 67.5 Å². The number of nitrogens with zero attached hydrogens (tertiary/aromatic N) is 3. The normalized spacial score (nSPS) is 11.0. The minimum atomic E-state index is -1.05. The first-order valence-electron chi connectivity index (χ1n) is 6.01. The van der Waals surface area contributed by atoms with E-state index in [0.29, 0.717) is 11.5 Å². The summed E-state index contributed by atoms with van der Waals surface area (Å²) in [6.45, 7) is 1.95. The number of aromatic carboxylic acids is 1. The van der Waals surface area contributed by atoms with Crippen LogP contribution in [0.2, 0.25) is 5.02 Å². The molecule has 0 aliphatic heterocycles. The van der Waals surface area contributed by atoms with Crippen LogP contribution >= 0.6 is 27.5 Å². The first-order chi connectivity index (χ1) is 9.97. The smallest absolute Gasteiger partial charge is 0.337 e. The molecule has 0 saturated carbocycles. The predicted molar refractivity (Wildman–Crippen MR) is 82.8 cm³/mol. The van der Waals surface area contributed by atoms with Gasteiger partial charge in [-0.3, -0.25) is 4.40 Å². The molecule has 0 saturated heterocycles. The Morgan fingerprint density at radius 1 is 1.33 bits per heavy atom. The summed E-state index contributed by atoms with van der Waals surface area (Å²) in [5.41, 5.74) is 2.38. The van der Waals surface area contributed by atoms with E-state index in [1.54, 1.807) is 4.40 Å². The number of benzene rings is 1. The Morgan fingerprint density at radius 3 is 2.76 bits per heavy atom. The number of carboxylic acids is 1. The molecule has 1 aromatic carbocycles. The second-order valence-electron chi connectivity index (χ2n) is 4.56. The zero-order chi connectivity index (χ0) is 15.1. The summed E-state index contributed by atoms with van der Waals surface area (Å²) >= 11 is 9.49. The van der Waals surface area contributed by atoms with Crippen molar-refractivity contribution < 1.29 is 9.90 Å². The van der Waals surface area contributed by atoms with Crippen molar-refractivity contribution in [2.75, 3.05) is 0 Å². The number of pyridine rings is 1. The summed E-state index contributed by atoms with van der Waals surface area (Å²) < 4.78 is 2.56. The average Bonchev–Trinajstić information content (AvgIpc) is 2.83. The molecule has 0 radical (unpaired) electrons. The zero-order valence-electron chi connectivity index (χ0n) is 10.8. The van der Waals surface area contributed by atoms with Gasteiger partial charge in [0.25, 0.3) is 0 Å². The molecule has 0 unspecified atom stereocenters. The highest BCUT2D eigenvalue weighted by molar-refractivity contribution is 9.10. The van der Waals surface area contributed by atoms with Gasteiger partial charge in [0.1, 0.15) is 0 Å². The molecular formula is C14H9BrClN3O2. The van der Waals surface area contributed by atoms with Crippen molar-refractivity contribution in [1.29, 1.82) is 0 Å². The van der Waals surface area contributed by atoms with Crippen LogP contribution in [0.15, 0.2) is 34.9 Å². The Hall–Kier alpha value is -1.92. The van der Waals surface area contributed by atoms with E-state index < -0.39 is 5.97 Å². The molecule has 21 heavy (non-hydrogen) atoms. The van der Waals surface area contributed by atoms with Crippen LogP contribution in [0.5, 0.6) is 0 Å². The predicted octanol–water partition coefficient (Wildman–Crippen LogP) is 3.82. The molecule has 0 atom stereocenters. The monoisotopic (exact) mass is 365 g/mol. The van der Waals surface area contributed by atoms with Crippen LogP contribution in [0.4, 0.5) is 0 Å². The summed E-state index contributed by atoms with van der Waals surface area (Å²) in [5.74, 6) is -0.494. The Balaban J connectivity index is 2.30. The van der Waals surface area contributed by atoms with Gasteiger partial charge >= 0.3 is 5.97 Å². The maximum atomic E-state index is 11.2. The van der Waals surface area contributed by atoms with E-state index in [1.807, 2.05) is 25.1 Å². The van der Waals surface area contributed by atoms with E-state index in [9.17, 15) is 4.79 Å². The fraction of sp³-hybridized carbons (Fsp3) is 0.0714. The number of aryl methyl sites for hydroxylation is 1. The van der Waals surface area contributed by atoms with Crippen LogP contribution in [0, 0.1) is 6.92 Å². The number of aromatic nitrogens is 3. The highest BCUT2D eigenvalue weighted by Crippen LogP contribution is 2.27. The second kappa shape index (κ2) is 5.13. The number of rotatable bonds is 2. The van der Waals surface area contributed by atoms with Gasteiger partial charge in [0.15, 0.2) is 11.5 Å². The van der Waals surface area contributed by atoms with Crippen molar-refractivity contribution in [2.45, 2.75) is 6.92 Å². The van der Waals surface area contributed by atoms with Crippen molar-refractivity contribution in [1.82, 2.24) is 14.6 Å². The number of carbonyl (C=O) groups is 1. The third-order valence-corrected chi connectivity index (χ3v) is 3.91. The Kier molecular flexibility index (Phi) is 3.43. The minimum Gasteiger partial charge on any atom is -0.478 e. The lowest BCUT2D eigenvalue weighted by Crippen LogP contribution is -2.00. The van der Waals surface area contributed by atoms with Crippen molar-refractivity contribution in [3.63, 3.8) is 0 Å². The molecule has 2 heterocycles. The van der Waals surface area contributed by atoms with Crippen molar-refractivity contribution in [3.05, 3.63) is 51.1 Å². The highest BCUT2D eigenvalue weighted by atomic mass is 79.9. The first-order valence-corrected chi connectivity index (χ1v) is 7.18. The molecule has 2 aromatic heterocycles. The summed E-state index contributed by atoms with van der Waals surface area (Å²) in [4.78, 5) is 11.2. The van der Waals surface area contributed by atoms with E-state index in [1.165, 1.54) is 12.3 Å². The van der Waals surface area contributed by atoms with Crippen molar-refractivity contribution in [3.8, 4) is 11.4 Å². The fourth-order valence-electron chi connectivity index (χ4n) is 2.13. The van der Waals surface area contributed by atoms with E-state index in [0.717, 1.165) is 15.6 Å². The van der Waals surface area contributed by atoms with Crippen molar-refractivity contribution in [2.24, 2.45) is 0 Å². The van der Waals surface area contributed by atoms with E-state index in [-0.39, 0.29) is 10.6 Å². The average molecular weight is 367 g/mol. The molecule has 5 nitrogen and oxygen atoms in total. The Morgan fingerprint density at radius 2 is 2.10 bits per heavy atom. The second-order valence-corrected chi connectivity index (χ2v) is 5.88. The van der Waals surface area contributed by atoms with E-state index in [2.05, 4.69) is 26.1 Å². The molecule has 0 bridgehead atoms. The lowest BCUT2D eigenvalue weighted by atomic mass is 10.1. The van der Waals surface area contributed by atoms with Gasteiger partial charge in [-0.2, -0.15) is 0 Å². The number of carboxylic acid groups (broad SMARTS) is 1. The quantitative estimate of drug-likeness (QED) is 0.748. The summed E-state index contributed by atoms with van der Waals surface area (Å²) in [6, 6.07) is 7.12. The van der Waals surface area contributed by atoms with Crippen LogP contribution in [0.3, 0.4) is 0 Å². The van der Waals surface area contributed by atoms with Crippen molar-refractivity contribution >= 4 is 39.1 Å². The molecule has 3 rings (SSSR count). The number of hydrogen-bond acceptors (Lipinski definition) is 3. The van der Waals surface area contributed by atoms with Crippen LogP contribution in [0.25, 0.3) is 17.0 Å². The third kappa shape index (κ3) is 2.41. The van der Waals surface area contributed by atoms with Crippen LogP contribution < -0.4 is 0 Å².